The fourth-order valence-electron chi connectivity index (χ4n) is 10.6. The molecule has 0 aromatic heterocycles. The quantitative estimate of drug-likeness (QED) is 0.0321. The SMILES string of the molecule is C.C.C.C.CCCCC(=O)OCCC[Si](O[Si](C)(C)CC[Si](O[Si](C)(C)C)(O[Si](C)(C)C)O[Si](C)(C)C)(O[Si](C)(C)CC[Si](O[Si](C)(C)C)(O[Si](C)(C)C)O[Si](C)(C)C)O[Si](C)(C)CC[Si](O[Si](C)(C)C)(O[Si](C)(C)C)O[Si](C)(C)C.CCC[Si](O[Si](C)(C)C)(O[Si](C)(C)C)O[Si](C)(C)C. The molecule has 0 radical (unpaired) electrons. The van der Waals surface area contributed by atoms with Crippen LogP contribution in [-0.4, -0.2) is 181 Å². The summed E-state index contributed by atoms with van der Waals surface area (Å²) in [5, 5.41) is 0. The van der Waals surface area contributed by atoms with Gasteiger partial charge in [0, 0.05) is 36.6 Å². The average molecular weight is 1770 g/mol. The summed E-state index contributed by atoms with van der Waals surface area (Å²) in [4.78, 5) is 13.1. The molecule has 610 valence electrons. The topological polar surface area (TPSA) is 165 Å². The number of hydrogen-bond acceptors (Lipinski definition) is 17. The Hall–Kier alpha value is 3.21. The van der Waals surface area contributed by atoms with Crippen LogP contribution in [0.5, 0.6) is 0 Å². The van der Waals surface area contributed by atoms with Crippen LogP contribution in [0.2, 0.25) is 323 Å². The van der Waals surface area contributed by atoms with Gasteiger partial charge in [-0.15, -0.1) is 0 Å². The molecule has 0 saturated heterocycles. The lowest BCUT2D eigenvalue weighted by atomic mass is 10.2. The third-order valence-electron chi connectivity index (χ3n) is 12.1. The molecular formula is C63H176O17Si20. The normalized spacial score (nSPS) is 14.7. The van der Waals surface area contributed by atoms with E-state index in [1.54, 1.807) is 0 Å². The lowest BCUT2D eigenvalue weighted by Crippen LogP contribution is -2.64. The summed E-state index contributed by atoms with van der Waals surface area (Å²) < 4.78 is 115. The first-order chi connectivity index (χ1) is 41.7. The summed E-state index contributed by atoms with van der Waals surface area (Å²) in [6.45, 7) is 99.1. The Bertz CT molecular complexity index is 1920. The van der Waals surface area contributed by atoms with E-state index in [1.807, 2.05) is 0 Å². The van der Waals surface area contributed by atoms with Crippen LogP contribution in [-0.2, 0) is 71.3 Å². The summed E-state index contributed by atoms with van der Waals surface area (Å²) in [7, 11) is -48.8. The summed E-state index contributed by atoms with van der Waals surface area (Å²) >= 11 is 0. The van der Waals surface area contributed by atoms with E-state index in [0.29, 0.717) is 37.0 Å². The number of rotatable bonds is 48. The maximum atomic E-state index is 13.1. The highest BCUT2D eigenvalue weighted by Crippen LogP contribution is 2.42. The molecule has 0 aliphatic heterocycles. The summed E-state index contributed by atoms with van der Waals surface area (Å²) in [5.74, 6) is -0.170. The third-order valence-corrected chi connectivity index (χ3v) is 77.3. The Morgan fingerprint density at radius 1 is 0.210 bits per heavy atom. The molecule has 0 fully saturated rings. The molecule has 0 unspecified atom stereocenters. The molecule has 0 saturated carbocycles. The van der Waals surface area contributed by atoms with Crippen LogP contribution in [0.15, 0.2) is 0 Å². The van der Waals surface area contributed by atoms with Crippen molar-refractivity contribution in [3.63, 3.8) is 0 Å². The lowest BCUT2D eigenvalue weighted by Gasteiger charge is -2.48. The van der Waals surface area contributed by atoms with Gasteiger partial charge in [-0.05, 0) is 306 Å². The summed E-state index contributed by atoms with van der Waals surface area (Å²) in [6, 6.07) is 5.61. The fourth-order valence-corrected chi connectivity index (χ4v) is 93.1. The maximum Gasteiger partial charge on any atom is 0.469 e. The van der Waals surface area contributed by atoms with Gasteiger partial charge in [0.1, 0.15) is 0 Å². The van der Waals surface area contributed by atoms with Crippen LogP contribution in [0.4, 0.5) is 0 Å². The van der Waals surface area contributed by atoms with E-state index in [4.69, 9.17) is 66.5 Å². The van der Waals surface area contributed by atoms with Gasteiger partial charge >= 0.3 is 50.0 Å². The Labute approximate surface area is 646 Å². The second kappa shape index (κ2) is 42.9. The van der Waals surface area contributed by atoms with E-state index in [0.717, 1.165) is 43.4 Å². The van der Waals surface area contributed by atoms with E-state index in [1.165, 1.54) is 0 Å². The Balaban J connectivity index is -0.000000829. The molecule has 0 aliphatic rings. The second-order valence-corrected chi connectivity index (χ2v) is 125. The van der Waals surface area contributed by atoms with E-state index in [2.05, 4.69) is 289 Å². The molecule has 100 heavy (non-hydrogen) atoms. The molecule has 0 N–H and O–H groups in total. The molecule has 17 nitrogen and oxygen atoms in total. The first-order valence-electron chi connectivity index (χ1n) is 36.4. The van der Waals surface area contributed by atoms with Crippen molar-refractivity contribution in [2.45, 2.75) is 399 Å². The molecule has 0 atom stereocenters. The van der Waals surface area contributed by atoms with Crippen molar-refractivity contribution in [1.29, 1.82) is 0 Å². The molecule has 0 heterocycles. The maximum absolute atomic E-state index is 13.1. The molecule has 0 amide bonds. The largest absolute Gasteiger partial charge is 0.469 e. The van der Waals surface area contributed by atoms with Crippen molar-refractivity contribution in [3.8, 4) is 0 Å². The number of hydrogen-bond donors (Lipinski definition) is 0. The van der Waals surface area contributed by atoms with E-state index in [-0.39, 0.29) is 42.3 Å². The van der Waals surface area contributed by atoms with Crippen LogP contribution in [0.25, 0.3) is 0 Å². The number of unbranched alkanes of at least 4 members (excludes halogenated alkanes) is 1. The first-order valence-corrected chi connectivity index (χ1v) is 96.3. The van der Waals surface area contributed by atoms with Crippen molar-refractivity contribution >= 4 is 175 Å². The predicted octanol–water partition coefficient (Wildman–Crippen LogP) is 24.6. The highest BCUT2D eigenvalue weighted by atomic mass is 28.5. The molecule has 0 aromatic carbocycles. The van der Waals surface area contributed by atoms with Crippen molar-refractivity contribution in [2.24, 2.45) is 0 Å². The highest BCUT2D eigenvalue weighted by Gasteiger charge is 2.59. The van der Waals surface area contributed by atoms with Gasteiger partial charge in [-0.3, -0.25) is 4.79 Å². The van der Waals surface area contributed by atoms with Gasteiger partial charge in [0.15, 0.2) is 125 Å². The van der Waals surface area contributed by atoms with Gasteiger partial charge in [-0.25, -0.2) is 0 Å². The molecule has 0 aromatic rings. The van der Waals surface area contributed by atoms with Crippen molar-refractivity contribution in [2.75, 3.05) is 6.61 Å². The predicted molar refractivity (Wildman–Crippen MR) is 488 cm³/mol. The summed E-state index contributed by atoms with van der Waals surface area (Å²) in [6.07, 6.45) is 3.73. The third kappa shape index (κ3) is 59.9. The lowest BCUT2D eigenvalue weighted by molar-refractivity contribution is -0.143. The van der Waals surface area contributed by atoms with Gasteiger partial charge in [0.05, 0.1) is 6.61 Å². The summed E-state index contributed by atoms with van der Waals surface area (Å²) in [5.41, 5.74) is 0. The first kappa shape index (κ1) is 114. The van der Waals surface area contributed by atoms with Crippen LogP contribution >= 0.6 is 0 Å². The zero-order valence-corrected chi connectivity index (χ0v) is 91.3. The smallest absolute Gasteiger partial charge is 0.466 e. The van der Waals surface area contributed by atoms with Crippen molar-refractivity contribution in [1.82, 2.24) is 0 Å². The fraction of sp³-hybridized carbons (Fsp3) is 0.984. The zero-order valence-electron chi connectivity index (χ0n) is 71.3. The number of esters is 1. The molecular weight excluding hydrogens is 1590 g/mol. The van der Waals surface area contributed by atoms with Gasteiger partial charge < -0.3 is 66.5 Å². The second-order valence-electron chi connectivity index (χ2n) is 40.3. The van der Waals surface area contributed by atoms with Gasteiger partial charge in [-0.2, -0.15) is 0 Å². The highest BCUT2D eigenvalue weighted by molar-refractivity contribution is 6.96. The molecule has 0 rings (SSSR count). The van der Waals surface area contributed by atoms with Crippen LogP contribution < -0.4 is 0 Å². The van der Waals surface area contributed by atoms with Gasteiger partial charge in [0.2, 0.25) is 0 Å². The Kier molecular flexibility index (Phi) is 49.0. The van der Waals surface area contributed by atoms with Crippen LogP contribution in [0, 0.1) is 0 Å². The van der Waals surface area contributed by atoms with Crippen molar-refractivity contribution in [3.05, 3.63) is 0 Å². The average Bonchev–Trinajstić information content (AvgIpc) is 0.793. The van der Waals surface area contributed by atoms with E-state index in [9.17, 15) is 4.79 Å². The standard InChI is InChI=1S/C47H126O14Si16.C12H34O3Si4.4CH4/c1-35-36-38-47(48)49-39-37-40-74(59-71(29,30)41-44-75(50-62(2,3)4,51-63(5,6)7)52-64(8,9)10,60-72(31,32)42-45-76(53-65(11,12)13,54-66(14,15)16)55-67(17,18)19)61-73(33,34)43-46-77(56-68(20,21)22,57-69(23,24)25)58-70(26,27)28;1-11-12-19(13-16(2,3)4,14-17(5,6)7)15-18(8,9)10;;;;/h35-46H2,1-34H3;11-12H2,1-10H3;4*1H4. The number of carbonyl (C=O) groups excluding carboxylic acids is 1. The van der Waals surface area contributed by atoms with Crippen LogP contribution in [0.3, 0.4) is 0 Å². The molecule has 0 bridgehead atoms. The number of ether oxygens (including phenoxy) is 1. The number of carbonyl (C=O) groups is 1. The zero-order chi connectivity index (χ0) is 76.8. The van der Waals surface area contributed by atoms with Crippen molar-refractivity contribution < 1.29 is 71.3 Å². The van der Waals surface area contributed by atoms with Crippen LogP contribution in [0.1, 0.15) is 75.7 Å². The molecule has 0 aliphatic carbocycles. The molecule has 37 heteroatoms. The minimum absolute atomic E-state index is 0. The Morgan fingerprint density at radius 3 is 0.540 bits per heavy atom. The monoisotopic (exact) mass is 1760 g/mol. The van der Waals surface area contributed by atoms with Gasteiger partial charge in [-0.1, -0.05) is 56.4 Å². The molecule has 0 spiro atoms. The van der Waals surface area contributed by atoms with Gasteiger partial charge in [0.25, 0.3) is 0 Å². The van der Waals surface area contributed by atoms with E-state index >= 15 is 0 Å². The minimum atomic E-state index is -3.76. The minimum Gasteiger partial charge on any atom is -0.466 e. The Morgan fingerprint density at radius 2 is 0.380 bits per heavy atom. The van der Waals surface area contributed by atoms with E-state index < -0.39 is 169 Å².